The van der Waals surface area contributed by atoms with Gasteiger partial charge in [0.2, 0.25) is 0 Å². The second kappa shape index (κ2) is 4.71. The minimum atomic E-state index is 0.264. The van der Waals surface area contributed by atoms with Crippen LogP contribution in [-0.4, -0.2) is 13.1 Å². The first-order valence-corrected chi connectivity index (χ1v) is 7.15. The third-order valence-electron chi connectivity index (χ3n) is 5.65. The van der Waals surface area contributed by atoms with E-state index in [1.165, 1.54) is 31.3 Å². The predicted octanol–water partition coefficient (Wildman–Crippen LogP) is 3.96. The van der Waals surface area contributed by atoms with Crippen molar-refractivity contribution in [3.05, 3.63) is 12.2 Å². The van der Waals surface area contributed by atoms with Crippen molar-refractivity contribution in [3.8, 4) is 0 Å². The number of rotatable bonds is 3. The Hall–Kier alpha value is -0.790. The maximum Gasteiger partial charge on any atom is 0.293 e. The maximum atomic E-state index is 10.5. The van der Waals surface area contributed by atoms with E-state index < -0.39 is 0 Å². The second-order valence-corrected chi connectivity index (χ2v) is 7.08. The topological polar surface area (TPSA) is 26.3 Å². The van der Waals surface area contributed by atoms with E-state index in [4.69, 9.17) is 4.74 Å². The summed E-state index contributed by atoms with van der Waals surface area (Å²) in [7, 11) is 0. The lowest BCUT2D eigenvalue weighted by molar-refractivity contribution is -0.134. The molecule has 2 nitrogen and oxygen atoms in total. The van der Waals surface area contributed by atoms with Gasteiger partial charge >= 0.3 is 0 Å². The van der Waals surface area contributed by atoms with Gasteiger partial charge in [-0.15, -0.1) is 0 Å². The fourth-order valence-corrected chi connectivity index (χ4v) is 4.72. The van der Waals surface area contributed by atoms with Crippen molar-refractivity contribution in [2.24, 2.45) is 22.7 Å². The van der Waals surface area contributed by atoms with E-state index in [-0.39, 0.29) is 5.41 Å². The van der Waals surface area contributed by atoms with E-state index in [2.05, 4.69) is 27.4 Å². The van der Waals surface area contributed by atoms with Gasteiger partial charge in [0.05, 0.1) is 6.61 Å². The van der Waals surface area contributed by atoms with Crippen molar-refractivity contribution in [1.29, 1.82) is 0 Å². The molecule has 0 heterocycles. The first-order valence-electron chi connectivity index (χ1n) is 7.15. The molecule has 0 aromatic carbocycles. The minimum absolute atomic E-state index is 0.264. The van der Waals surface area contributed by atoms with E-state index in [9.17, 15) is 4.79 Å². The molecular weight excluding hydrogens is 224 g/mol. The van der Waals surface area contributed by atoms with Crippen molar-refractivity contribution in [2.75, 3.05) is 6.61 Å². The molecule has 0 radical (unpaired) electrons. The molecule has 102 valence electrons. The van der Waals surface area contributed by atoms with Crippen molar-refractivity contribution in [2.45, 2.75) is 52.9 Å². The highest BCUT2D eigenvalue weighted by molar-refractivity contribution is 5.37. The Morgan fingerprint density at radius 2 is 2.11 bits per heavy atom. The average molecular weight is 250 g/mol. The highest BCUT2D eigenvalue weighted by atomic mass is 16.5. The van der Waals surface area contributed by atoms with Gasteiger partial charge in [-0.05, 0) is 42.4 Å². The van der Waals surface area contributed by atoms with Crippen molar-refractivity contribution < 1.29 is 9.53 Å². The van der Waals surface area contributed by atoms with Crippen LogP contribution < -0.4 is 0 Å². The first-order chi connectivity index (χ1) is 8.42. The van der Waals surface area contributed by atoms with Gasteiger partial charge in [0.15, 0.2) is 0 Å². The van der Waals surface area contributed by atoms with Crippen LogP contribution in [0.15, 0.2) is 12.2 Å². The Balaban J connectivity index is 2.27. The van der Waals surface area contributed by atoms with Crippen LogP contribution in [0.4, 0.5) is 0 Å². The molecule has 0 N–H and O–H groups in total. The van der Waals surface area contributed by atoms with E-state index >= 15 is 0 Å². The van der Waals surface area contributed by atoms with E-state index in [0.29, 0.717) is 24.4 Å². The molecule has 0 aromatic heterocycles. The molecule has 2 heteroatoms. The van der Waals surface area contributed by atoms with Crippen molar-refractivity contribution in [3.63, 3.8) is 0 Å². The van der Waals surface area contributed by atoms with Crippen molar-refractivity contribution in [1.82, 2.24) is 0 Å². The number of fused-ring (bicyclic) bond motifs is 1. The van der Waals surface area contributed by atoms with E-state index in [1.54, 1.807) is 0 Å². The zero-order valence-corrected chi connectivity index (χ0v) is 12.0. The fourth-order valence-electron chi connectivity index (χ4n) is 4.72. The molecule has 2 saturated carbocycles. The molecule has 0 aliphatic heterocycles. The normalized spacial score (nSPS) is 38.9. The number of carbonyl (C=O) groups excluding carboxylic acids is 1. The molecule has 0 aromatic rings. The lowest BCUT2D eigenvalue weighted by Crippen LogP contribution is -2.50. The largest absolute Gasteiger partial charge is 0.467 e. The number of carbonyl (C=O) groups is 1. The van der Waals surface area contributed by atoms with Crippen LogP contribution in [-0.2, 0) is 9.53 Å². The molecular formula is C16H26O2. The van der Waals surface area contributed by atoms with Crippen LogP contribution in [0.5, 0.6) is 0 Å². The van der Waals surface area contributed by atoms with Crippen LogP contribution in [0, 0.1) is 22.7 Å². The van der Waals surface area contributed by atoms with Gasteiger partial charge in [-0.1, -0.05) is 39.3 Å². The van der Waals surface area contributed by atoms with Gasteiger partial charge in [0.25, 0.3) is 6.47 Å². The average Bonchev–Trinajstić information content (AvgIpc) is 2.27. The Kier molecular flexibility index (Phi) is 3.57. The molecule has 3 atom stereocenters. The monoisotopic (exact) mass is 250 g/mol. The van der Waals surface area contributed by atoms with E-state index in [0.717, 1.165) is 12.3 Å². The molecule has 3 unspecified atom stereocenters. The molecule has 0 bridgehead atoms. The van der Waals surface area contributed by atoms with Crippen LogP contribution in [0.2, 0.25) is 0 Å². The van der Waals surface area contributed by atoms with Crippen molar-refractivity contribution >= 4 is 6.47 Å². The fraction of sp³-hybridized carbons (Fsp3) is 0.812. The maximum absolute atomic E-state index is 10.5. The van der Waals surface area contributed by atoms with Gasteiger partial charge in [0, 0.05) is 5.92 Å². The molecule has 2 fully saturated rings. The summed E-state index contributed by atoms with van der Waals surface area (Å²) in [5, 5.41) is 0. The zero-order chi connectivity index (χ0) is 13.4. The van der Waals surface area contributed by atoms with Gasteiger partial charge in [-0.25, -0.2) is 0 Å². The second-order valence-electron chi connectivity index (χ2n) is 7.08. The summed E-state index contributed by atoms with van der Waals surface area (Å²) in [4.78, 5) is 10.5. The number of ether oxygens (including phenoxy) is 1. The summed E-state index contributed by atoms with van der Waals surface area (Å²) < 4.78 is 5.08. The van der Waals surface area contributed by atoms with Crippen LogP contribution in [0.3, 0.4) is 0 Å². The smallest absolute Gasteiger partial charge is 0.293 e. The molecule has 0 spiro atoms. The Morgan fingerprint density at radius 1 is 1.39 bits per heavy atom. The summed E-state index contributed by atoms with van der Waals surface area (Å²) in [6.45, 7) is 12.5. The summed E-state index contributed by atoms with van der Waals surface area (Å²) in [5.41, 5.74) is 1.96. The van der Waals surface area contributed by atoms with Crippen LogP contribution >= 0.6 is 0 Å². The zero-order valence-electron chi connectivity index (χ0n) is 12.0. The van der Waals surface area contributed by atoms with Gasteiger partial charge in [0.1, 0.15) is 0 Å². The third-order valence-corrected chi connectivity index (χ3v) is 5.65. The molecule has 2 aliphatic rings. The van der Waals surface area contributed by atoms with Gasteiger partial charge < -0.3 is 4.74 Å². The third kappa shape index (κ3) is 2.10. The quantitative estimate of drug-likeness (QED) is 0.560. The highest BCUT2D eigenvalue weighted by Gasteiger charge is 2.52. The van der Waals surface area contributed by atoms with Gasteiger partial charge in [-0.3, -0.25) is 4.79 Å². The molecule has 2 rings (SSSR count). The van der Waals surface area contributed by atoms with Crippen LogP contribution in [0.25, 0.3) is 0 Å². The standard InChI is InChI=1S/C16H26O2/c1-12-6-7-14-15(2,3)8-5-9-16(14,4)13(12)10-18-11-17/h11,13-14H,1,5-10H2,2-4H3. The first kappa shape index (κ1) is 13.6. The van der Waals surface area contributed by atoms with Gasteiger partial charge in [-0.2, -0.15) is 0 Å². The summed E-state index contributed by atoms with van der Waals surface area (Å²) in [6, 6.07) is 0. The Bertz CT molecular complexity index is 345. The number of hydrogen-bond donors (Lipinski definition) is 0. The number of hydrogen-bond acceptors (Lipinski definition) is 2. The predicted molar refractivity (Wildman–Crippen MR) is 73.1 cm³/mol. The lowest BCUT2D eigenvalue weighted by atomic mass is 9.48. The summed E-state index contributed by atoms with van der Waals surface area (Å²) in [5.74, 6) is 1.07. The highest BCUT2D eigenvalue weighted by Crippen LogP contribution is 2.60. The Labute approximate surface area is 111 Å². The lowest BCUT2D eigenvalue weighted by Gasteiger charge is -2.57. The molecule has 18 heavy (non-hydrogen) atoms. The summed E-state index contributed by atoms with van der Waals surface area (Å²) >= 11 is 0. The summed E-state index contributed by atoms with van der Waals surface area (Å²) in [6.07, 6.45) is 6.19. The molecule has 0 amide bonds. The van der Waals surface area contributed by atoms with Crippen LogP contribution in [0.1, 0.15) is 52.9 Å². The molecule has 2 aliphatic carbocycles. The molecule has 0 saturated heterocycles. The van der Waals surface area contributed by atoms with E-state index in [1.807, 2.05) is 0 Å². The minimum Gasteiger partial charge on any atom is -0.467 e. The SMILES string of the molecule is C=C1CCC2C(C)(C)CCCC2(C)C1COC=O. The Morgan fingerprint density at radius 3 is 2.78 bits per heavy atom.